The highest BCUT2D eigenvalue weighted by molar-refractivity contribution is 5.88. The van der Waals surface area contributed by atoms with Gasteiger partial charge in [-0.2, -0.15) is 0 Å². The summed E-state index contributed by atoms with van der Waals surface area (Å²) in [6.07, 6.45) is 14.9. The number of allylic oxidation sites excluding steroid dienone is 1. The molecule has 0 bridgehead atoms. The SMILES string of the molecule is C=C(C=CCCCCCCCCCC)C(=O)O. The van der Waals surface area contributed by atoms with Crippen LogP contribution in [0.4, 0.5) is 0 Å². The number of rotatable bonds is 11. The molecular formula is C15H26O2. The molecule has 0 spiro atoms. The number of carboxylic acid groups (broad SMARTS) is 1. The van der Waals surface area contributed by atoms with Gasteiger partial charge in [-0.3, -0.25) is 0 Å². The first-order chi connectivity index (χ1) is 8.18. The molecule has 2 nitrogen and oxygen atoms in total. The van der Waals surface area contributed by atoms with Gasteiger partial charge in [-0.15, -0.1) is 0 Å². The minimum Gasteiger partial charge on any atom is -0.478 e. The standard InChI is InChI=1S/C15H26O2/c1-3-4-5-6-7-8-9-10-11-12-13-14(2)15(16)17/h12-13H,2-11H2,1H3,(H,16,17). The average molecular weight is 238 g/mol. The molecular weight excluding hydrogens is 212 g/mol. The van der Waals surface area contributed by atoms with E-state index in [9.17, 15) is 4.79 Å². The molecule has 2 heteroatoms. The van der Waals surface area contributed by atoms with Crippen molar-refractivity contribution in [1.29, 1.82) is 0 Å². The maximum Gasteiger partial charge on any atom is 0.335 e. The van der Waals surface area contributed by atoms with Crippen molar-refractivity contribution in [2.24, 2.45) is 0 Å². The number of hydrogen-bond donors (Lipinski definition) is 1. The molecule has 0 aromatic carbocycles. The third kappa shape index (κ3) is 11.2. The van der Waals surface area contributed by atoms with E-state index >= 15 is 0 Å². The largest absolute Gasteiger partial charge is 0.478 e. The van der Waals surface area contributed by atoms with Crippen LogP contribution in [-0.2, 0) is 4.79 Å². The molecule has 0 unspecified atom stereocenters. The van der Waals surface area contributed by atoms with Gasteiger partial charge >= 0.3 is 5.97 Å². The Morgan fingerprint density at radius 3 is 2.12 bits per heavy atom. The van der Waals surface area contributed by atoms with Gasteiger partial charge in [-0.1, -0.05) is 70.6 Å². The zero-order valence-electron chi connectivity index (χ0n) is 11.1. The fourth-order valence-corrected chi connectivity index (χ4v) is 1.69. The molecule has 0 aliphatic heterocycles. The zero-order valence-corrected chi connectivity index (χ0v) is 11.1. The summed E-state index contributed by atoms with van der Waals surface area (Å²) in [5.41, 5.74) is 0.171. The predicted molar refractivity (Wildman–Crippen MR) is 73.1 cm³/mol. The van der Waals surface area contributed by atoms with Gasteiger partial charge in [0, 0.05) is 0 Å². The molecule has 0 fully saturated rings. The molecule has 1 N–H and O–H groups in total. The second-order valence-corrected chi connectivity index (χ2v) is 4.50. The smallest absolute Gasteiger partial charge is 0.335 e. The van der Waals surface area contributed by atoms with Crippen molar-refractivity contribution in [3.63, 3.8) is 0 Å². The Balaban J connectivity index is 3.24. The molecule has 0 rings (SSSR count). The fraction of sp³-hybridized carbons (Fsp3) is 0.667. The van der Waals surface area contributed by atoms with E-state index in [1.165, 1.54) is 44.9 Å². The molecule has 0 aromatic rings. The Kier molecular flexibility index (Phi) is 10.7. The number of carboxylic acids is 1. The van der Waals surface area contributed by atoms with E-state index in [1.54, 1.807) is 6.08 Å². The lowest BCUT2D eigenvalue weighted by Gasteiger charge is -1.99. The van der Waals surface area contributed by atoms with Crippen LogP contribution in [0, 0.1) is 0 Å². The van der Waals surface area contributed by atoms with E-state index in [1.807, 2.05) is 6.08 Å². The van der Waals surface area contributed by atoms with Gasteiger partial charge in [0.25, 0.3) is 0 Å². The van der Waals surface area contributed by atoms with Gasteiger partial charge in [-0.25, -0.2) is 4.79 Å². The number of hydrogen-bond acceptors (Lipinski definition) is 1. The first kappa shape index (κ1) is 16.0. The molecule has 0 aliphatic rings. The minimum atomic E-state index is -0.933. The van der Waals surface area contributed by atoms with Crippen LogP contribution < -0.4 is 0 Å². The summed E-state index contributed by atoms with van der Waals surface area (Å²) in [5.74, 6) is -0.933. The molecule has 0 aromatic heterocycles. The monoisotopic (exact) mass is 238 g/mol. The lowest BCUT2D eigenvalue weighted by atomic mass is 10.1. The van der Waals surface area contributed by atoms with Crippen LogP contribution >= 0.6 is 0 Å². The van der Waals surface area contributed by atoms with Crippen molar-refractivity contribution < 1.29 is 9.90 Å². The summed E-state index contributed by atoms with van der Waals surface area (Å²) in [6, 6.07) is 0. The molecule has 0 saturated heterocycles. The van der Waals surface area contributed by atoms with E-state index in [-0.39, 0.29) is 5.57 Å². The normalized spacial score (nSPS) is 10.9. The second-order valence-electron chi connectivity index (χ2n) is 4.50. The highest BCUT2D eigenvalue weighted by atomic mass is 16.4. The van der Waals surface area contributed by atoms with Crippen LogP contribution in [0.2, 0.25) is 0 Å². The van der Waals surface area contributed by atoms with Crippen LogP contribution in [0.25, 0.3) is 0 Å². The van der Waals surface area contributed by atoms with Crippen LogP contribution in [0.3, 0.4) is 0 Å². The summed E-state index contributed by atoms with van der Waals surface area (Å²) in [6.45, 7) is 5.68. The molecule has 0 radical (unpaired) electrons. The highest BCUT2D eigenvalue weighted by Gasteiger charge is 1.96. The van der Waals surface area contributed by atoms with E-state index in [2.05, 4.69) is 13.5 Å². The van der Waals surface area contributed by atoms with E-state index < -0.39 is 5.97 Å². The van der Waals surface area contributed by atoms with Gasteiger partial charge in [-0.05, 0) is 12.8 Å². The summed E-state index contributed by atoms with van der Waals surface area (Å²) in [5, 5.41) is 8.57. The molecule has 0 atom stereocenters. The summed E-state index contributed by atoms with van der Waals surface area (Å²) in [4.78, 5) is 10.4. The topological polar surface area (TPSA) is 37.3 Å². The van der Waals surface area contributed by atoms with Gasteiger partial charge in [0.15, 0.2) is 0 Å². The first-order valence-electron chi connectivity index (χ1n) is 6.77. The third-order valence-electron chi connectivity index (χ3n) is 2.82. The highest BCUT2D eigenvalue weighted by Crippen LogP contribution is 2.10. The Bertz CT molecular complexity index is 241. The Hall–Kier alpha value is -1.05. The van der Waals surface area contributed by atoms with Gasteiger partial charge < -0.3 is 5.11 Å². The summed E-state index contributed by atoms with van der Waals surface area (Å²) in [7, 11) is 0. The van der Waals surface area contributed by atoms with E-state index in [4.69, 9.17) is 5.11 Å². The van der Waals surface area contributed by atoms with Crippen molar-refractivity contribution in [3.05, 3.63) is 24.3 Å². The third-order valence-corrected chi connectivity index (χ3v) is 2.82. The molecule has 0 saturated carbocycles. The molecule has 17 heavy (non-hydrogen) atoms. The first-order valence-corrected chi connectivity index (χ1v) is 6.77. The lowest BCUT2D eigenvalue weighted by Crippen LogP contribution is -1.94. The maximum atomic E-state index is 10.4. The average Bonchev–Trinajstić information content (AvgIpc) is 2.31. The van der Waals surface area contributed by atoms with Crippen molar-refractivity contribution in [2.75, 3.05) is 0 Å². The van der Waals surface area contributed by atoms with Crippen molar-refractivity contribution >= 4 is 5.97 Å². The van der Waals surface area contributed by atoms with Crippen LogP contribution in [0.5, 0.6) is 0 Å². The molecule has 0 heterocycles. The van der Waals surface area contributed by atoms with Crippen molar-refractivity contribution in [2.45, 2.75) is 64.7 Å². The summed E-state index contributed by atoms with van der Waals surface area (Å²) < 4.78 is 0. The minimum absolute atomic E-state index is 0.171. The van der Waals surface area contributed by atoms with Gasteiger partial charge in [0.05, 0.1) is 5.57 Å². The number of aliphatic carboxylic acids is 1. The van der Waals surface area contributed by atoms with Gasteiger partial charge in [0.1, 0.15) is 0 Å². The molecule has 0 amide bonds. The zero-order chi connectivity index (χ0) is 12.9. The predicted octanol–water partition coefficient (Wildman–Crippen LogP) is 4.71. The molecule has 98 valence electrons. The quantitative estimate of drug-likeness (QED) is 0.321. The van der Waals surface area contributed by atoms with Crippen LogP contribution in [0.1, 0.15) is 64.7 Å². The van der Waals surface area contributed by atoms with E-state index in [0.29, 0.717) is 0 Å². The van der Waals surface area contributed by atoms with Crippen LogP contribution in [-0.4, -0.2) is 11.1 Å². The van der Waals surface area contributed by atoms with Gasteiger partial charge in [0.2, 0.25) is 0 Å². The Morgan fingerprint density at radius 2 is 1.59 bits per heavy atom. The number of carbonyl (C=O) groups is 1. The van der Waals surface area contributed by atoms with Crippen molar-refractivity contribution in [1.82, 2.24) is 0 Å². The summed E-state index contributed by atoms with van der Waals surface area (Å²) >= 11 is 0. The fourth-order valence-electron chi connectivity index (χ4n) is 1.69. The molecule has 0 aliphatic carbocycles. The van der Waals surface area contributed by atoms with Crippen LogP contribution in [0.15, 0.2) is 24.3 Å². The van der Waals surface area contributed by atoms with E-state index in [0.717, 1.165) is 12.8 Å². The second kappa shape index (κ2) is 11.4. The lowest BCUT2D eigenvalue weighted by molar-refractivity contribution is -0.132. The maximum absolute atomic E-state index is 10.4. The Labute approximate surface area is 105 Å². The Morgan fingerprint density at radius 1 is 1.06 bits per heavy atom. The number of unbranched alkanes of at least 4 members (excludes halogenated alkanes) is 8. The van der Waals surface area contributed by atoms with Crippen molar-refractivity contribution in [3.8, 4) is 0 Å².